The van der Waals surface area contributed by atoms with Gasteiger partial charge in [-0.2, -0.15) is 0 Å². The van der Waals surface area contributed by atoms with Crippen LogP contribution in [0.4, 0.5) is 0 Å². The van der Waals surface area contributed by atoms with E-state index >= 15 is 0 Å². The Morgan fingerprint density at radius 3 is 2.79 bits per heavy atom. The van der Waals surface area contributed by atoms with Crippen molar-refractivity contribution in [2.75, 3.05) is 0 Å². The Morgan fingerprint density at radius 1 is 1.26 bits per heavy atom. The van der Waals surface area contributed by atoms with Crippen LogP contribution in [0.25, 0.3) is 0 Å². The molecule has 1 aromatic heterocycles. The fourth-order valence-corrected chi connectivity index (χ4v) is 3.63. The van der Waals surface area contributed by atoms with Crippen LogP contribution >= 0.6 is 11.3 Å². The number of aliphatic imine (C=N–C) groups is 1. The number of nitrogens with zero attached hydrogens (tertiary/aromatic N) is 1. The van der Waals surface area contributed by atoms with E-state index in [1.165, 1.54) is 6.07 Å². The first-order chi connectivity index (χ1) is 9.06. The summed E-state index contributed by atoms with van der Waals surface area (Å²) in [6.45, 7) is 0.227. The summed E-state index contributed by atoms with van der Waals surface area (Å²) in [5, 5.41) is 1.67. The van der Waals surface area contributed by atoms with E-state index in [0.717, 1.165) is 11.3 Å². The lowest BCUT2D eigenvalue weighted by molar-refractivity contribution is 0.595. The van der Waals surface area contributed by atoms with Gasteiger partial charge in [-0.05, 0) is 12.1 Å². The molecule has 2 aromatic rings. The predicted octanol–water partition coefficient (Wildman–Crippen LogP) is 0.675. The molecule has 8 heteroatoms. The van der Waals surface area contributed by atoms with Crippen LogP contribution in [-0.4, -0.2) is 19.2 Å². The highest BCUT2D eigenvalue weighted by Gasteiger charge is 2.29. The Kier molecular flexibility index (Phi) is 2.76. The third-order valence-electron chi connectivity index (χ3n) is 2.64. The van der Waals surface area contributed by atoms with Gasteiger partial charge in [0.25, 0.3) is 10.0 Å². The van der Waals surface area contributed by atoms with Gasteiger partial charge in [0.1, 0.15) is 5.84 Å². The lowest BCUT2D eigenvalue weighted by atomic mass is 10.2. The van der Waals surface area contributed by atoms with E-state index < -0.39 is 10.0 Å². The van der Waals surface area contributed by atoms with E-state index in [4.69, 9.17) is 0 Å². The molecule has 19 heavy (non-hydrogen) atoms. The van der Waals surface area contributed by atoms with Gasteiger partial charge >= 0.3 is 4.87 Å². The van der Waals surface area contributed by atoms with Crippen LogP contribution in [-0.2, 0) is 16.6 Å². The highest BCUT2D eigenvalue weighted by molar-refractivity contribution is 7.90. The van der Waals surface area contributed by atoms with E-state index in [1.807, 2.05) is 0 Å². The minimum absolute atomic E-state index is 0.150. The second kappa shape index (κ2) is 4.32. The maximum atomic E-state index is 11.8. The first kappa shape index (κ1) is 12.1. The average molecular weight is 295 g/mol. The van der Waals surface area contributed by atoms with Gasteiger partial charge in [0, 0.05) is 10.9 Å². The van der Waals surface area contributed by atoms with Crippen molar-refractivity contribution in [1.82, 2.24) is 9.71 Å². The topological polar surface area (TPSA) is 91.4 Å². The van der Waals surface area contributed by atoms with Crippen molar-refractivity contribution in [3.05, 3.63) is 50.6 Å². The third kappa shape index (κ3) is 2.20. The highest BCUT2D eigenvalue weighted by atomic mass is 32.2. The number of aromatic amines is 1. The Balaban J connectivity index is 1.97. The van der Waals surface area contributed by atoms with Gasteiger partial charge < -0.3 is 4.98 Å². The van der Waals surface area contributed by atoms with Gasteiger partial charge in [-0.1, -0.05) is 23.5 Å². The van der Waals surface area contributed by atoms with E-state index in [2.05, 4.69) is 14.7 Å². The number of nitrogens with one attached hydrogen (secondary N) is 2. The molecule has 6 nitrogen and oxygen atoms in total. The number of sulfonamides is 1. The number of amidine groups is 1. The van der Waals surface area contributed by atoms with Gasteiger partial charge in [0.05, 0.1) is 17.1 Å². The number of hydrogen-bond donors (Lipinski definition) is 2. The minimum atomic E-state index is -3.50. The monoisotopic (exact) mass is 295 g/mol. The maximum Gasteiger partial charge on any atom is 0.304 e. The van der Waals surface area contributed by atoms with Gasteiger partial charge in [-0.25, -0.2) is 8.42 Å². The molecule has 1 aliphatic heterocycles. The molecule has 0 unspecified atom stereocenters. The Morgan fingerprint density at radius 2 is 2.05 bits per heavy atom. The van der Waals surface area contributed by atoms with Gasteiger partial charge in [-0.15, -0.1) is 0 Å². The average Bonchev–Trinajstić information content (AvgIpc) is 2.90. The fourth-order valence-electron chi connectivity index (χ4n) is 1.81. The maximum absolute atomic E-state index is 11.8. The molecule has 1 aromatic carbocycles. The smallest absolute Gasteiger partial charge is 0.304 e. The second-order valence-corrected chi connectivity index (χ2v) is 6.43. The predicted molar refractivity (Wildman–Crippen MR) is 71.9 cm³/mol. The summed E-state index contributed by atoms with van der Waals surface area (Å²) in [4.78, 5) is 17.9. The summed E-state index contributed by atoms with van der Waals surface area (Å²) in [7, 11) is -3.50. The number of aromatic nitrogens is 1. The summed E-state index contributed by atoms with van der Waals surface area (Å²) in [5.41, 5.74) is 1.21. The number of rotatable bonds is 2. The second-order valence-electron chi connectivity index (χ2n) is 3.94. The lowest BCUT2D eigenvalue weighted by Gasteiger charge is -1.97. The Bertz CT molecular complexity index is 817. The summed E-state index contributed by atoms with van der Waals surface area (Å²) >= 11 is 1.05. The number of benzene rings is 1. The standard InChI is InChI=1S/C11H9N3O3S2/c15-11-13-7(6-18-11)5-12-10-8-3-1-2-4-9(8)19(16,17)14-10/h1-4,6H,5H2,(H,12,14)(H,13,15). The SMILES string of the molecule is O=c1[nH]c(CN=C2NS(=O)(=O)c3ccccc32)cs1. The molecular formula is C11H9N3O3S2. The number of H-pyrrole nitrogens is 1. The van der Waals surface area contributed by atoms with Crippen molar-refractivity contribution in [1.29, 1.82) is 0 Å². The molecule has 0 saturated carbocycles. The molecule has 0 radical (unpaired) electrons. The molecule has 0 spiro atoms. The number of fused-ring (bicyclic) bond motifs is 1. The van der Waals surface area contributed by atoms with Crippen LogP contribution in [0, 0.1) is 0 Å². The molecule has 98 valence electrons. The number of thiazole rings is 1. The third-order valence-corrected chi connectivity index (χ3v) is 4.76. The van der Waals surface area contributed by atoms with Crippen molar-refractivity contribution in [2.45, 2.75) is 11.4 Å². The first-order valence-corrected chi connectivity index (χ1v) is 7.76. The summed E-state index contributed by atoms with van der Waals surface area (Å²) in [6.07, 6.45) is 0. The molecule has 0 bridgehead atoms. The van der Waals surface area contributed by atoms with E-state index in [1.54, 1.807) is 23.6 Å². The molecule has 0 fully saturated rings. The minimum Gasteiger partial charge on any atom is -0.315 e. The van der Waals surface area contributed by atoms with Crippen LogP contribution in [0.3, 0.4) is 0 Å². The van der Waals surface area contributed by atoms with Gasteiger partial charge in [-0.3, -0.25) is 14.5 Å². The molecule has 1 aliphatic rings. The van der Waals surface area contributed by atoms with Crippen molar-refractivity contribution < 1.29 is 8.42 Å². The van der Waals surface area contributed by atoms with Crippen LogP contribution in [0.1, 0.15) is 11.3 Å². The van der Waals surface area contributed by atoms with Crippen LogP contribution in [0.5, 0.6) is 0 Å². The molecule has 3 rings (SSSR count). The molecule has 0 aliphatic carbocycles. The quantitative estimate of drug-likeness (QED) is 0.853. The van der Waals surface area contributed by atoms with E-state index in [0.29, 0.717) is 17.1 Å². The largest absolute Gasteiger partial charge is 0.315 e. The summed E-state index contributed by atoms with van der Waals surface area (Å²) in [5.74, 6) is 0.308. The zero-order valence-electron chi connectivity index (χ0n) is 9.58. The van der Waals surface area contributed by atoms with Crippen LogP contribution < -0.4 is 9.60 Å². The van der Waals surface area contributed by atoms with Crippen molar-refractivity contribution in [3.63, 3.8) is 0 Å². The van der Waals surface area contributed by atoms with E-state index in [9.17, 15) is 13.2 Å². The molecule has 0 saturated heterocycles. The molecule has 0 amide bonds. The fraction of sp³-hybridized carbons (Fsp3) is 0.0909. The van der Waals surface area contributed by atoms with Crippen molar-refractivity contribution in [3.8, 4) is 0 Å². The van der Waals surface area contributed by atoms with Gasteiger partial charge in [0.2, 0.25) is 0 Å². The Labute approximate surface area is 112 Å². The number of hydrogen-bond acceptors (Lipinski definition) is 5. The normalized spacial score (nSPS) is 18.2. The zero-order valence-corrected chi connectivity index (χ0v) is 11.2. The zero-order chi connectivity index (χ0) is 13.5. The van der Waals surface area contributed by atoms with Crippen LogP contribution in [0.2, 0.25) is 0 Å². The summed E-state index contributed by atoms with van der Waals surface area (Å²) in [6, 6.07) is 6.65. The van der Waals surface area contributed by atoms with Crippen LogP contribution in [0.15, 0.2) is 44.3 Å². The Hall–Kier alpha value is -1.93. The molecular weight excluding hydrogens is 286 g/mol. The highest BCUT2D eigenvalue weighted by Crippen LogP contribution is 2.22. The molecule has 2 N–H and O–H groups in total. The van der Waals surface area contributed by atoms with Crippen molar-refractivity contribution in [2.24, 2.45) is 4.99 Å². The van der Waals surface area contributed by atoms with E-state index in [-0.39, 0.29) is 16.3 Å². The van der Waals surface area contributed by atoms with Crippen molar-refractivity contribution >= 4 is 27.2 Å². The molecule has 2 heterocycles. The first-order valence-electron chi connectivity index (χ1n) is 5.39. The summed E-state index contributed by atoms with van der Waals surface area (Å²) < 4.78 is 26.1. The van der Waals surface area contributed by atoms with Gasteiger partial charge in [0.15, 0.2) is 0 Å². The lowest BCUT2D eigenvalue weighted by Crippen LogP contribution is -2.22. The molecule has 0 atom stereocenters.